The molecule has 2 aromatic carbocycles. The summed E-state index contributed by atoms with van der Waals surface area (Å²) < 4.78 is 5.18. The number of hydrogen-bond donors (Lipinski definition) is 3. The summed E-state index contributed by atoms with van der Waals surface area (Å²) >= 11 is 12.0. The fraction of sp³-hybridized carbons (Fsp3) is 0.217. The van der Waals surface area contributed by atoms with E-state index in [1.165, 1.54) is 0 Å². The number of aryl methyl sites for hydroxylation is 2. The number of urea groups is 1. The van der Waals surface area contributed by atoms with Gasteiger partial charge in [0.15, 0.2) is 0 Å². The number of rotatable bonds is 6. The molecule has 3 rings (SSSR count). The summed E-state index contributed by atoms with van der Waals surface area (Å²) in [5, 5.41) is 9.13. The summed E-state index contributed by atoms with van der Waals surface area (Å²) in [5.74, 6) is 1.34. The van der Waals surface area contributed by atoms with Gasteiger partial charge in [-0.05, 0) is 62.2 Å². The van der Waals surface area contributed by atoms with Gasteiger partial charge in [-0.15, -0.1) is 0 Å². The van der Waals surface area contributed by atoms with Crippen LogP contribution in [0.25, 0.3) is 0 Å². The van der Waals surface area contributed by atoms with Crippen LogP contribution in [0.5, 0.6) is 5.75 Å². The van der Waals surface area contributed by atoms with Crippen LogP contribution in [-0.4, -0.2) is 35.6 Å². The van der Waals surface area contributed by atoms with Crippen molar-refractivity contribution in [3.8, 4) is 5.75 Å². The molecule has 1 aromatic heterocycles. The normalized spacial score (nSPS) is 11.1. The van der Waals surface area contributed by atoms with E-state index in [4.69, 9.17) is 27.9 Å². The first-order chi connectivity index (χ1) is 15.8. The highest BCUT2D eigenvalue weighted by molar-refractivity contribution is 6.42. The molecule has 1 heterocycles. The Bertz CT molecular complexity index is 1130. The quantitative estimate of drug-likeness (QED) is 0.326. The molecule has 10 heteroatoms. The zero-order chi connectivity index (χ0) is 23.8. The molecule has 0 aliphatic carbocycles. The lowest BCUT2D eigenvalue weighted by Crippen LogP contribution is -2.39. The number of anilines is 2. The topological polar surface area (TPSA) is 101 Å². The molecule has 2 amide bonds. The predicted molar refractivity (Wildman–Crippen MR) is 133 cm³/mol. The first kappa shape index (κ1) is 24.3. The van der Waals surface area contributed by atoms with Crippen LogP contribution in [0.15, 0.2) is 53.5 Å². The van der Waals surface area contributed by atoms with Crippen molar-refractivity contribution in [2.45, 2.75) is 20.3 Å². The van der Waals surface area contributed by atoms with Gasteiger partial charge in [-0.1, -0.05) is 35.3 Å². The molecule has 0 aliphatic rings. The number of carbonyl (C=O) groups is 1. The lowest BCUT2D eigenvalue weighted by Gasteiger charge is -2.13. The average Bonchev–Trinajstić information content (AvgIpc) is 2.76. The molecule has 0 aliphatic heterocycles. The SMILES string of the molecule is COc1ccc(CCN=C(NC(=O)Nc2ccc(Cl)c(Cl)c2)Nc2nc(C)cc(C)n2)cc1. The van der Waals surface area contributed by atoms with E-state index in [1.807, 2.05) is 44.2 Å². The van der Waals surface area contributed by atoms with Crippen molar-refractivity contribution < 1.29 is 9.53 Å². The van der Waals surface area contributed by atoms with Crippen molar-refractivity contribution in [3.05, 3.63) is 75.5 Å². The highest BCUT2D eigenvalue weighted by Gasteiger charge is 2.10. The Morgan fingerprint density at radius 3 is 2.30 bits per heavy atom. The van der Waals surface area contributed by atoms with E-state index < -0.39 is 6.03 Å². The van der Waals surface area contributed by atoms with Gasteiger partial charge >= 0.3 is 6.03 Å². The molecule has 33 heavy (non-hydrogen) atoms. The van der Waals surface area contributed by atoms with Gasteiger partial charge in [-0.25, -0.2) is 14.8 Å². The summed E-state index contributed by atoms with van der Waals surface area (Å²) in [6, 6.07) is 13.9. The van der Waals surface area contributed by atoms with Crippen LogP contribution in [0.1, 0.15) is 17.0 Å². The predicted octanol–water partition coefficient (Wildman–Crippen LogP) is 5.24. The molecule has 0 atom stereocenters. The highest BCUT2D eigenvalue weighted by Crippen LogP contribution is 2.24. The summed E-state index contributed by atoms with van der Waals surface area (Å²) in [6.45, 7) is 4.15. The van der Waals surface area contributed by atoms with E-state index in [2.05, 4.69) is 30.9 Å². The van der Waals surface area contributed by atoms with Gasteiger partial charge in [-0.3, -0.25) is 15.6 Å². The average molecular weight is 487 g/mol. The molecule has 0 radical (unpaired) electrons. The maximum absolute atomic E-state index is 12.6. The number of hydrogen-bond acceptors (Lipinski definition) is 5. The molecule has 172 valence electrons. The van der Waals surface area contributed by atoms with Gasteiger partial charge in [0.2, 0.25) is 11.9 Å². The first-order valence-corrected chi connectivity index (χ1v) is 10.9. The van der Waals surface area contributed by atoms with E-state index in [9.17, 15) is 4.79 Å². The number of amides is 2. The minimum absolute atomic E-state index is 0.214. The van der Waals surface area contributed by atoms with Gasteiger partial charge in [0.05, 0.1) is 17.2 Å². The highest BCUT2D eigenvalue weighted by atomic mass is 35.5. The van der Waals surface area contributed by atoms with Crippen molar-refractivity contribution in [3.63, 3.8) is 0 Å². The van der Waals surface area contributed by atoms with Gasteiger partial charge < -0.3 is 10.1 Å². The summed E-state index contributed by atoms with van der Waals surface area (Å²) in [4.78, 5) is 25.8. The molecular weight excluding hydrogens is 463 g/mol. The van der Waals surface area contributed by atoms with E-state index in [1.54, 1.807) is 25.3 Å². The van der Waals surface area contributed by atoms with Gasteiger partial charge in [-0.2, -0.15) is 0 Å². The zero-order valence-electron chi connectivity index (χ0n) is 18.4. The van der Waals surface area contributed by atoms with Crippen LogP contribution in [0.3, 0.4) is 0 Å². The van der Waals surface area contributed by atoms with Crippen molar-refractivity contribution in [2.24, 2.45) is 4.99 Å². The van der Waals surface area contributed by atoms with Crippen LogP contribution in [0.4, 0.5) is 16.4 Å². The number of benzene rings is 2. The number of guanidine groups is 1. The number of aromatic nitrogens is 2. The molecule has 0 spiro atoms. The molecule has 0 saturated heterocycles. The number of halogens is 2. The molecule has 3 aromatic rings. The summed E-state index contributed by atoms with van der Waals surface area (Å²) in [7, 11) is 1.63. The minimum Gasteiger partial charge on any atom is -0.497 e. The Morgan fingerprint density at radius 2 is 1.67 bits per heavy atom. The van der Waals surface area contributed by atoms with E-state index in [-0.39, 0.29) is 5.96 Å². The minimum atomic E-state index is -0.506. The van der Waals surface area contributed by atoms with Crippen LogP contribution in [0.2, 0.25) is 10.0 Å². The third-order valence-corrected chi connectivity index (χ3v) is 5.19. The van der Waals surface area contributed by atoms with E-state index in [0.29, 0.717) is 34.6 Å². The largest absolute Gasteiger partial charge is 0.497 e. The molecule has 0 saturated carbocycles. The smallest absolute Gasteiger partial charge is 0.326 e. The van der Waals surface area contributed by atoms with E-state index >= 15 is 0 Å². The molecule has 0 bridgehead atoms. The molecule has 8 nitrogen and oxygen atoms in total. The van der Waals surface area contributed by atoms with Crippen LogP contribution in [0, 0.1) is 13.8 Å². The second-order valence-electron chi connectivity index (χ2n) is 7.14. The number of carbonyl (C=O) groups excluding carboxylic acids is 1. The van der Waals surface area contributed by atoms with Crippen LogP contribution in [-0.2, 0) is 6.42 Å². The lowest BCUT2D eigenvalue weighted by atomic mass is 10.1. The molecular formula is C23H24Cl2N6O2. The number of aliphatic imine (C=N–C) groups is 1. The molecule has 0 unspecified atom stereocenters. The fourth-order valence-electron chi connectivity index (χ4n) is 2.93. The van der Waals surface area contributed by atoms with Crippen LogP contribution >= 0.6 is 23.2 Å². The van der Waals surface area contributed by atoms with Crippen molar-refractivity contribution in [1.29, 1.82) is 0 Å². The number of nitrogens with one attached hydrogen (secondary N) is 3. The Morgan fingerprint density at radius 1 is 0.970 bits per heavy atom. The second-order valence-corrected chi connectivity index (χ2v) is 7.95. The van der Waals surface area contributed by atoms with Gasteiger partial charge in [0.1, 0.15) is 5.75 Å². The Hall–Kier alpha value is -3.36. The van der Waals surface area contributed by atoms with Gasteiger partial charge in [0.25, 0.3) is 0 Å². The Kier molecular flexibility index (Phi) is 8.46. The van der Waals surface area contributed by atoms with Crippen molar-refractivity contribution in [2.75, 3.05) is 24.3 Å². The van der Waals surface area contributed by atoms with Gasteiger partial charge in [0, 0.05) is 23.6 Å². The number of methoxy groups -OCH3 is 1. The number of ether oxygens (including phenoxy) is 1. The third-order valence-electron chi connectivity index (χ3n) is 4.45. The number of nitrogens with zero attached hydrogens (tertiary/aromatic N) is 3. The van der Waals surface area contributed by atoms with Crippen molar-refractivity contribution in [1.82, 2.24) is 15.3 Å². The Balaban J connectivity index is 1.72. The lowest BCUT2D eigenvalue weighted by molar-refractivity contribution is 0.256. The van der Waals surface area contributed by atoms with Crippen LogP contribution < -0.4 is 20.7 Å². The maximum Gasteiger partial charge on any atom is 0.326 e. The van der Waals surface area contributed by atoms with E-state index in [0.717, 1.165) is 22.7 Å². The fourth-order valence-corrected chi connectivity index (χ4v) is 3.23. The zero-order valence-corrected chi connectivity index (χ0v) is 20.0. The monoisotopic (exact) mass is 486 g/mol. The standard InChI is InChI=1S/C23H24Cl2N6O2/c1-14-12-15(2)28-22(27-14)30-21(26-11-10-16-4-7-18(33-3)8-5-16)31-23(32)29-17-6-9-19(24)20(25)13-17/h4-9,12-13H,10-11H2,1-3H3,(H3,26,27,28,29,30,31,32). The first-order valence-electron chi connectivity index (χ1n) is 10.1. The summed E-state index contributed by atoms with van der Waals surface area (Å²) in [5.41, 5.74) is 3.16. The molecule has 3 N–H and O–H groups in total. The molecule has 0 fully saturated rings. The maximum atomic E-state index is 12.6. The van der Waals surface area contributed by atoms with Crippen molar-refractivity contribution >= 4 is 46.8 Å². The third kappa shape index (κ3) is 7.62. The second kappa shape index (κ2) is 11.5. The Labute approximate surface area is 202 Å². The summed E-state index contributed by atoms with van der Waals surface area (Å²) in [6.07, 6.45) is 0.666.